The van der Waals surface area contributed by atoms with Crippen LogP contribution < -0.4 is 9.47 Å². The molecular formula is C15H18BrNO5. The Labute approximate surface area is 137 Å². The maximum atomic E-state index is 12.4. The smallest absolute Gasteiger partial charge is 0.329 e. The Balaban J connectivity index is 2.20. The van der Waals surface area contributed by atoms with Crippen molar-refractivity contribution in [3.63, 3.8) is 0 Å². The molecule has 2 rings (SSSR count). The molecular weight excluding hydrogens is 354 g/mol. The number of likely N-dealkylation sites (N-methyl/N-ethyl adjacent to an activating group) is 1. The van der Waals surface area contributed by atoms with Crippen molar-refractivity contribution in [2.24, 2.45) is 0 Å². The second-order valence-electron chi connectivity index (χ2n) is 5.58. The SMILES string of the molecule is CN(C(=O)Cc1cc2c(cc1Br)OCCO2)C(C)(C)C(=O)O. The summed E-state index contributed by atoms with van der Waals surface area (Å²) in [5, 5.41) is 9.20. The van der Waals surface area contributed by atoms with Crippen molar-refractivity contribution in [2.45, 2.75) is 25.8 Å². The number of nitrogens with zero attached hydrogens (tertiary/aromatic N) is 1. The van der Waals surface area contributed by atoms with E-state index in [1.807, 2.05) is 0 Å². The molecule has 1 N–H and O–H groups in total. The highest BCUT2D eigenvalue weighted by atomic mass is 79.9. The number of halogens is 1. The van der Waals surface area contributed by atoms with Crippen molar-refractivity contribution in [3.8, 4) is 11.5 Å². The summed E-state index contributed by atoms with van der Waals surface area (Å²) in [7, 11) is 1.49. The number of hydrogen-bond acceptors (Lipinski definition) is 4. The average molecular weight is 372 g/mol. The molecule has 22 heavy (non-hydrogen) atoms. The van der Waals surface area contributed by atoms with Gasteiger partial charge < -0.3 is 19.5 Å². The number of fused-ring (bicyclic) bond motifs is 1. The molecule has 1 aliphatic rings. The molecule has 0 spiro atoms. The predicted molar refractivity (Wildman–Crippen MR) is 83.3 cm³/mol. The van der Waals surface area contributed by atoms with Crippen molar-refractivity contribution in [2.75, 3.05) is 20.3 Å². The first-order valence-corrected chi connectivity index (χ1v) is 7.61. The van der Waals surface area contributed by atoms with Gasteiger partial charge in [0.2, 0.25) is 5.91 Å². The van der Waals surface area contributed by atoms with Crippen molar-refractivity contribution < 1.29 is 24.2 Å². The maximum Gasteiger partial charge on any atom is 0.329 e. The van der Waals surface area contributed by atoms with Gasteiger partial charge in [-0.3, -0.25) is 4.79 Å². The molecule has 1 heterocycles. The number of hydrogen-bond donors (Lipinski definition) is 1. The Morgan fingerprint density at radius 1 is 1.27 bits per heavy atom. The van der Waals surface area contributed by atoms with Crippen LogP contribution in [0.1, 0.15) is 19.4 Å². The van der Waals surface area contributed by atoms with Crippen molar-refractivity contribution in [1.29, 1.82) is 0 Å². The van der Waals surface area contributed by atoms with E-state index in [2.05, 4.69) is 15.9 Å². The molecule has 0 aliphatic carbocycles. The van der Waals surface area contributed by atoms with E-state index in [-0.39, 0.29) is 12.3 Å². The number of benzene rings is 1. The van der Waals surface area contributed by atoms with Crippen LogP contribution in [-0.4, -0.2) is 47.7 Å². The third-order valence-electron chi connectivity index (χ3n) is 3.79. The number of rotatable bonds is 4. The molecule has 120 valence electrons. The lowest BCUT2D eigenvalue weighted by atomic mass is 10.0. The summed E-state index contributed by atoms with van der Waals surface area (Å²) in [6, 6.07) is 3.51. The van der Waals surface area contributed by atoms with Gasteiger partial charge in [-0.2, -0.15) is 0 Å². The molecule has 1 aromatic carbocycles. The highest BCUT2D eigenvalue weighted by Gasteiger charge is 2.35. The van der Waals surface area contributed by atoms with E-state index in [0.717, 1.165) is 10.0 Å². The summed E-state index contributed by atoms with van der Waals surface area (Å²) < 4.78 is 11.7. The fourth-order valence-corrected chi connectivity index (χ4v) is 2.44. The second-order valence-corrected chi connectivity index (χ2v) is 6.44. The van der Waals surface area contributed by atoms with Crippen molar-refractivity contribution in [1.82, 2.24) is 4.90 Å². The highest BCUT2D eigenvalue weighted by molar-refractivity contribution is 9.10. The summed E-state index contributed by atoms with van der Waals surface area (Å²) in [6.45, 7) is 3.94. The third kappa shape index (κ3) is 3.19. The Morgan fingerprint density at radius 3 is 2.36 bits per heavy atom. The molecule has 0 unspecified atom stereocenters. The lowest BCUT2D eigenvalue weighted by Gasteiger charge is -2.31. The fraction of sp³-hybridized carbons (Fsp3) is 0.467. The molecule has 7 heteroatoms. The molecule has 1 aliphatic heterocycles. The first-order chi connectivity index (χ1) is 10.2. The van der Waals surface area contributed by atoms with Crippen LogP contribution >= 0.6 is 15.9 Å². The summed E-state index contributed by atoms with van der Waals surface area (Å²) in [5.41, 5.74) is -0.542. The van der Waals surface area contributed by atoms with Crippen LogP contribution in [-0.2, 0) is 16.0 Å². The first kappa shape index (κ1) is 16.6. The van der Waals surface area contributed by atoms with Gasteiger partial charge in [0.05, 0.1) is 6.42 Å². The summed E-state index contributed by atoms with van der Waals surface area (Å²) in [5.74, 6) is -0.111. The topological polar surface area (TPSA) is 76.1 Å². The van der Waals surface area contributed by atoms with E-state index >= 15 is 0 Å². The number of ether oxygens (including phenoxy) is 2. The van der Waals surface area contributed by atoms with Crippen molar-refractivity contribution in [3.05, 3.63) is 22.2 Å². The van der Waals surface area contributed by atoms with E-state index in [0.29, 0.717) is 24.7 Å². The van der Waals surface area contributed by atoms with Crippen LogP contribution in [0.25, 0.3) is 0 Å². The zero-order valence-electron chi connectivity index (χ0n) is 12.7. The second kappa shape index (κ2) is 6.16. The number of carboxylic acids is 1. The molecule has 6 nitrogen and oxygen atoms in total. The van der Waals surface area contributed by atoms with Crippen LogP contribution in [0.15, 0.2) is 16.6 Å². The number of carboxylic acid groups (broad SMARTS) is 1. The minimum Gasteiger partial charge on any atom is -0.486 e. The lowest BCUT2D eigenvalue weighted by molar-refractivity contribution is -0.155. The zero-order chi connectivity index (χ0) is 16.5. The van der Waals surface area contributed by atoms with Crippen LogP contribution in [0.2, 0.25) is 0 Å². The van der Waals surface area contributed by atoms with Gasteiger partial charge in [-0.25, -0.2) is 4.79 Å². The molecule has 0 atom stereocenters. The van der Waals surface area contributed by atoms with Gasteiger partial charge in [-0.05, 0) is 31.5 Å². The van der Waals surface area contributed by atoms with Crippen LogP contribution in [0.3, 0.4) is 0 Å². The minimum absolute atomic E-state index is 0.0738. The number of carbonyl (C=O) groups is 2. The van der Waals surface area contributed by atoms with Crippen LogP contribution in [0.4, 0.5) is 0 Å². The Kier molecular flexibility index (Phi) is 4.65. The van der Waals surface area contributed by atoms with Gasteiger partial charge in [-0.15, -0.1) is 0 Å². The van der Waals surface area contributed by atoms with E-state index in [1.165, 1.54) is 25.8 Å². The van der Waals surface area contributed by atoms with E-state index < -0.39 is 11.5 Å². The van der Waals surface area contributed by atoms with Gasteiger partial charge in [0.25, 0.3) is 0 Å². The summed E-state index contributed by atoms with van der Waals surface area (Å²) in [4.78, 5) is 24.8. The number of aliphatic carboxylic acids is 1. The van der Waals surface area contributed by atoms with Gasteiger partial charge in [0, 0.05) is 11.5 Å². The Bertz CT molecular complexity index is 614. The molecule has 0 saturated carbocycles. The van der Waals surface area contributed by atoms with Gasteiger partial charge in [-0.1, -0.05) is 15.9 Å². The lowest BCUT2D eigenvalue weighted by Crippen LogP contribution is -2.51. The molecule has 1 amide bonds. The van der Waals surface area contributed by atoms with E-state index in [1.54, 1.807) is 12.1 Å². The van der Waals surface area contributed by atoms with E-state index in [4.69, 9.17) is 9.47 Å². The largest absolute Gasteiger partial charge is 0.486 e. The summed E-state index contributed by atoms with van der Waals surface area (Å²) in [6.07, 6.45) is 0.0738. The quantitative estimate of drug-likeness (QED) is 0.876. The van der Waals surface area contributed by atoms with Gasteiger partial charge in [0.15, 0.2) is 11.5 Å². The Hall–Kier alpha value is -1.76. The molecule has 0 saturated heterocycles. The van der Waals surface area contributed by atoms with Crippen molar-refractivity contribution >= 4 is 27.8 Å². The minimum atomic E-state index is -1.27. The molecule has 0 fully saturated rings. The van der Waals surface area contributed by atoms with Crippen LogP contribution in [0.5, 0.6) is 11.5 Å². The summed E-state index contributed by atoms with van der Waals surface area (Å²) >= 11 is 3.41. The van der Waals surface area contributed by atoms with Gasteiger partial charge in [0.1, 0.15) is 18.8 Å². The fourth-order valence-electron chi connectivity index (χ4n) is 1.98. The molecule has 1 aromatic rings. The average Bonchev–Trinajstić information content (AvgIpc) is 2.46. The van der Waals surface area contributed by atoms with Gasteiger partial charge >= 0.3 is 5.97 Å². The molecule has 0 aromatic heterocycles. The highest BCUT2D eigenvalue weighted by Crippen LogP contribution is 2.36. The van der Waals surface area contributed by atoms with Crippen LogP contribution in [0, 0.1) is 0 Å². The Morgan fingerprint density at radius 2 is 1.82 bits per heavy atom. The monoisotopic (exact) mass is 371 g/mol. The normalized spacial score (nSPS) is 13.6. The third-order valence-corrected chi connectivity index (χ3v) is 4.53. The molecule has 0 radical (unpaired) electrons. The standard InChI is InChI=1S/C15H18BrNO5/c1-15(2,14(19)20)17(3)13(18)7-9-6-11-12(8-10(9)16)22-5-4-21-11/h6,8H,4-5,7H2,1-3H3,(H,19,20). The maximum absolute atomic E-state index is 12.4. The molecule has 0 bridgehead atoms. The number of amides is 1. The predicted octanol–water partition coefficient (Wildman–Crippen LogP) is 2.08. The zero-order valence-corrected chi connectivity index (χ0v) is 14.3. The number of carbonyl (C=O) groups excluding carboxylic acids is 1. The van der Waals surface area contributed by atoms with E-state index in [9.17, 15) is 14.7 Å². The first-order valence-electron chi connectivity index (χ1n) is 6.81.